The van der Waals surface area contributed by atoms with E-state index in [2.05, 4.69) is 10.2 Å². The number of nitrogens with one attached hydrogen (secondary N) is 1. The summed E-state index contributed by atoms with van der Waals surface area (Å²) in [6.45, 7) is 3.16. The van der Waals surface area contributed by atoms with Gasteiger partial charge in [0.25, 0.3) is 5.91 Å². The van der Waals surface area contributed by atoms with Gasteiger partial charge in [-0.25, -0.2) is 0 Å². The van der Waals surface area contributed by atoms with Crippen LogP contribution in [0, 0.1) is 5.92 Å². The summed E-state index contributed by atoms with van der Waals surface area (Å²) in [5, 5.41) is 13.0. The van der Waals surface area contributed by atoms with E-state index < -0.39 is 6.10 Å². The SMILES string of the molecule is O=C(NCC[C@@H]1CCCN2CCCC[C@H]12)[C@H](O)c1ccccc1. The van der Waals surface area contributed by atoms with Crippen LogP contribution in [-0.2, 0) is 4.79 Å². The normalized spacial score (nSPS) is 26.3. The van der Waals surface area contributed by atoms with Crippen LogP contribution in [-0.4, -0.2) is 41.6 Å². The lowest BCUT2D eigenvalue weighted by molar-refractivity contribution is -0.129. The predicted molar refractivity (Wildman–Crippen MR) is 91.0 cm³/mol. The highest BCUT2D eigenvalue weighted by Gasteiger charge is 2.32. The molecule has 2 saturated heterocycles. The third-order valence-electron chi connectivity index (χ3n) is 5.41. The molecule has 1 aromatic carbocycles. The van der Waals surface area contributed by atoms with Crippen molar-refractivity contribution in [2.24, 2.45) is 5.92 Å². The van der Waals surface area contributed by atoms with Gasteiger partial charge in [0.05, 0.1) is 0 Å². The minimum absolute atomic E-state index is 0.285. The Bertz CT molecular complexity index is 503. The third kappa shape index (κ3) is 4.12. The van der Waals surface area contributed by atoms with E-state index in [1.54, 1.807) is 12.1 Å². The van der Waals surface area contributed by atoms with Gasteiger partial charge in [-0.3, -0.25) is 4.79 Å². The van der Waals surface area contributed by atoms with Crippen molar-refractivity contribution in [3.63, 3.8) is 0 Å². The van der Waals surface area contributed by atoms with Gasteiger partial charge < -0.3 is 15.3 Å². The molecule has 0 radical (unpaired) electrons. The Hall–Kier alpha value is -1.39. The first kappa shape index (κ1) is 16.5. The number of hydrogen-bond donors (Lipinski definition) is 2. The van der Waals surface area contributed by atoms with Gasteiger partial charge in [-0.05, 0) is 56.7 Å². The second kappa shape index (κ2) is 7.93. The van der Waals surface area contributed by atoms with Crippen LogP contribution in [0.3, 0.4) is 0 Å². The van der Waals surface area contributed by atoms with Crippen molar-refractivity contribution >= 4 is 5.91 Å². The summed E-state index contributed by atoms with van der Waals surface area (Å²) in [6, 6.07) is 9.84. The highest BCUT2D eigenvalue weighted by atomic mass is 16.3. The molecular weight excluding hydrogens is 288 g/mol. The first-order valence-corrected chi connectivity index (χ1v) is 9.00. The lowest BCUT2D eigenvalue weighted by Crippen LogP contribution is -2.48. The number of nitrogens with zero attached hydrogens (tertiary/aromatic N) is 1. The fourth-order valence-corrected chi connectivity index (χ4v) is 4.18. The fourth-order valence-electron chi connectivity index (χ4n) is 4.18. The molecule has 0 aliphatic carbocycles. The first-order chi connectivity index (χ1) is 11.3. The molecular formula is C19H28N2O2. The molecule has 0 aromatic heterocycles. The number of aliphatic hydroxyl groups is 1. The predicted octanol–water partition coefficient (Wildman–Crippen LogP) is 2.49. The summed E-state index contributed by atoms with van der Waals surface area (Å²) in [7, 11) is 0. The third-order valence-corrected chi connectivity index (χ3v) is 5.41. The van der Waals surface area contributed by atoms with Gasteiger partial charge in [-0.2, -0.15) is 0 Å². The maximum Gasteiger partial charge on any atom is 0.253 e. The monoisotopic (exact) mass is 316 g/mol. The first-order valence-electron chi connectivity index (χ1n) is 9.00. The summed E-state index contributed by atoms with van der Waals surface area (Å²) < 4.78 is 0. The number of benzene rings is 1. The highest BCUT2D eigenvalue weighted by Crippen LogP contribution is 2.32. The van der Waals surface area contributed by atoms with Crippen molar-refractivity contribution in [1.29, 1.82) is 0 Å². The van der Waals surface area contributed by atoms with E-state index in [4.69, 9.17) is 0 Å². The van der Waals surface area contributed by atoms with Crippen molar-refractivity contribution in [2.75, 3.05) is 19.6 Å². The van der Waals surface area contributed by atoms with Crippen LogP contribution in [0.1, 0.15) is 50.2 Å². The van der Waals surface area contributed by atoms with Crippen LogP contribution in [0.15, 0.2) is 30.3 Å². The lowest BCUT2D eigenvalue weighted by Gasteiger charge is -2.44. The number of piperidine rings is 2. The Morgan fingerprint density at radius 3 is 2.78 bits per heavy atom. The van der Waals surface area contributed by atoms with Gasteiger partial charge >= 0.3 is 0 Å². The maximum atomic E-state index is 12.1. The van der Waals surface area contributed by atoms with Gasteiger partial charge in [0.15, 0.2) is 6.10 Å². The Labute approximate surface area is 138 Å². The molecule has 2 aliphatic heterocycles. The number of carbonyl (C=O) groups excluding carboxylic acids is 1. The summed E-state index contributed by atoms with van der Waals surface area (Å²) in [4.78, 5) is 14.7. The molecule has 1 aromatic rings. The number of fused-ring (bicyclic) bond motifs is 1. The van der Waals surface area contributed by atoms with E-state index in [1.165, 1.54) is 45.2 Å². The number of carbonyl (C=O) groups is 1. The molecule has 2 fully saturated rings. The van der Waals surface area contributed by atoms with Crippen molar-refractivity contribution in [2.45, 2.75) is 50.7 Å². The van der Waals surface area contributed by atoms with Crippen LogP contribution >= 0.6 is 0 Å². The number of rotatable bonds is 5. The molecule has 0 unspecified atom stereocenters. The molecule has 23 heavy (non-hydrogen) atoms. The average molecular weight is 316 g/mol. The number of amides is 1. The molecule has 4 heteroatoms. The van der Waals surface area contributed by atoms with Crippen LogP contribution in [0.2, 0.25) is 0 Å². The van der Waals surface area contributed by atoms with Crippen LogP contribution < -0.4 is 5.32 Å². The Balaban J connectivity index is 1.46. The molecule has 1 amide bonds. The largest absolute Gasteiger partial charge is 0.378 e. The summed E-state index contributed by atoms with van der Waals surface area (Å²) >= 11 is 0. The molecule has 2 heterocycles. The smallest absolute Gasteiger partial charge is 0.253 e. The fraction of sp³-hybridized carbons (Fsp3) is 0.632. The van der Waals surface area contributed by atoms with Crippen molar-refractivity contribution in [3.8, 4) is 0 Å². The molecule has 4 nitrogen and oxygen atoms in total. The molecule has 126 valence electrons. The standard InChI is InChI=1S/C19H28N2O2/c22-18(16-7-2-1-3-8-16)19(23)20-12-11-15-9-6-14-21-13-5-4-10-17(15)21/h1-3,7-8,15,17-18,22H,4-6,9-14H2,(H,20,23)/t15-,17+,18+/m0/s1. The van der Waals surface area contributed by atoms with E-state index in [9.17, 15) is 9.90 Å². The average Bonchev–Trinajstić information content (AvgIpc) is 2.62. The van der Waals surface area contributed by atoms with Gasteiger partial charge in [-0.1, -0.05) is 36.8 Å². The van der Waals surface area contributed by atoms with Crippen molar-refractivity contribution < 1.29 is 9.90 Å². The van der Waals surface area contributed by atoms with Gasteiger partial charge in [0, 0.05) is 12.6 Å². The maximum absolute atomic E-state index is 12.1. The van der Waals surface area contributed by atoms with E-state index in [-0.39, 0.29) is 5.91 Å². The van der Waals surface area contributed by atoms with E-state index in [0.717, 1.165) is 6.42 Å². The Morgan fingerprint density at radius 2 is 1.96 bits per heavy atom. The van der Waals surface area contributed by atoms with Gasteiger partial charge in [0.1, 0.15) is 0 Å². The van der Waals surface area contributed by atoms with Crippen LogP contribution in [0.5, 0.6) is 0 Å². The molecule has 2 N–H and O–H groups in total. The zero-order valence-electron chi connectivity index (χ0n) is 13.8. The summed E-state index contributed by atoms with van der Waals surface area (Å²) in [6.07, 6.45) is 6.51. The van der Waals surface area contributed by atoms with E-state index in [0.29, 0.717) is 24.1 Å². The minimum Gasteiger partial charge on any atom is -0.378 e. The van der Waals surface area contributed by atoms with Crippen LogP contribution in [0.4, 0.5) is 0 Å². The summed E-state index contributed by atoms with van der Waals surface area (Å²) in [5.41, 5.74) is 0.654. The van der Waals surface area contributed by atoms with Crippen LogP contribution in [0.25, 0.3) is 0 Å². The summed E-state index contributed by atoms with van der Waals surface area (Å²) in [5.74, 6) is 0.408. The topological polar surface area (TPSA) is 52.6 Å². The highest BCUT2D eigenvalue weighted by molar-refractivity contribution is 5.81. The molecule has 0 bridgehead atoms. The number of hydrogen-bond acceptors (Lipinski definition) is 3. The molecule has 2 aliphatic rings. The Morgan fingerprint density at radius 1 is 1.17 bits per heavy atom. The molecule has 3 atom stereocenters. The minimum atomic E-state index is -1.06. The molecule has 3 rings (SSSR count). The van der Waals surface area contributed by atoms with E-state index in [1.807, 2.05) is 18.2 Å². The quantitative estimate of drug-likeness (QED) is 0.877. The van der Waals surface area contributed by atoms with Crippen molar-refractivity contribution in [1.82, 2.24) is 10.2 Å². The second-order valence-electron chi connectivity index (χ2n) is 6.89. The molecule has 0 spiro atoms. The van der Waals surface area contributed by atoms with Gasteiger partial charge in [0.2, 0.25) is 0 Å². The lowest BCUT2D eigenvalue weighted by atomic mass is 9.81. The van der Waals surface area contributed by atoms with E-state index >= 15 is 0 Å². The second-order valence-corrected chi connectivity index (χ2v) is 6.89. The zero-order valence-corrected chi connectivity index (χ0v) is 13.8. The Kier molecular flexibility index (Phi) is 5.68. The van der Waals surface area contributed by atoms with Gasteiger partial charge in [-0.15, -0.1) is 0 Å². The van der Waals surface area contributed by atoms with Crippen molar-refractivity contribution in [3.05, 3.63) is 35.9 Å². The number of aliphatic hydroxyl groups excluding tert-OH is 1. The zero-order chi connectivity index (χ0) is 16.1. The molecule has 0 saturated carbocycles.